The molecule has 80 valence electrons. The van der Waals surface area contributed by atoms with Crippen molar-refractivity contribution in [3.8, 4) is 0 Å². The smallest absolute Gasteiger partial charge is 0.228 e. The van der Waals surface area contributed by atoms with Gasteiger partial charge in [-0.3, -0.25) is 4.79 Å². The molecule has 1 aliphatic carbocycles. The van der Waals surface area contributed by atoms with Gasteiger partial charge < -0.3 is 10.2 Å². The van der Waals surface area contributed by atoms with Crippen molar-refractivity contribution in [2.45, 2.75) is 26.2 Å². The van der Waals surface area contributed by atoms with Gasteiger partial charge in [-0.25, -0.2) is 0 Å². The van der Waals surface area contributed by atoms with Crippen LogP contribution in [0.3, 0.4) is 0 Å². The van der Waals surface area contributed by atoms with E-state index in [9.17, 15) is 4.79 Å². The third kappa shape index (κ3) is 1.92. The van der Waals surface area contributed by atoms with Gasteiger partial charge in [-0.15, -0.1) is 0 Å². The maximum atomic E-state index is 11.9. The predicted molar refractivity (Wildman–Crippen MR) is 56.0 cm³/mol. The van der Waals surface area contributed by atoms with Gasteiger partial charge in [0.2, 0.25) is 5.91 Å². The molecule has 1 N–H and O–H groups in total. The summed E-state index contributed by atoms with van der Waals surface area (Å²) in [6, 6.07) is 0. The summed E-state index contributed by atoms with van der Waals surface area (Å²) in [5.41, 5.74) is 0. The molecule has 0 aromatic carbocycles. The molecule has 0 atom stereocenters. The summed E-state index contributed by atoms with van der Waals surface area (Å²) in [5.74, 6) is 1.44. The van der Waals surface area contributed by atoms with Crippen LogP contribution < -0.4 is 5.32 Å². The Balaban J connectivity index is 1.80. The van der Waals surface area contributed by atoms with Crippen molar-refractivity contribution in [3.05, 3.63) is 0 Å². The lowest BCUT2D eigenvalue weighted by Gasteiger charge is -2.36. The fourth-order valence-corrected chi connectivity index (χ4v) is 2.08. The number of hydrogen-bond donors (Lipinski definition) is 1. The minimum atomic E-state index is 0.273. The first kappa shape index (κ1) is 9.97. The molecule has 2 aliphatic rings. The molecule has 0 radical (unpaired) electrons. The van der Waals surface area contributed by atoms with Crippen LogP contribution in [0.1, 0.15) is 26.2 Å². The van der Waals surface area contributed by atoms with Gasteiger partial charge in [-0.05, 0) is 25.7 Å². The maximum absolute atomic E-state index is 11.9. The van der Waals surface area contributed by atoms with Crippen LogP contribution in [0.4, 0.5) is 0 Å². The van der Waals surface area contributed by atoms with Gasteiger partial charge in [0.1, 0.15) is 0 Å². The van der Waals surface area contributed by atoms with Crippen LogP contribution in [0.2, 0.25) is 0 Å². The van der Waals surface area contributed by atoms with Crippen molar-refractivity contribution < 1.29 is 4.79 Å². The Hall–Kier alpha value is -0.570. The number of nitrogens with one attached hydrogen (secondary N) is 1. The molecule has 0 aromatic rings. The molecule has 0 aromatic heterocycles. The minimum Gasteiger partial charge on any atom is -0.342 e. The quantitative estimate of drug-likeness (QED) is 0.723. The Kier molecular flexibility index (Phi) is 3.06. The highest BCUT2D eigenvalue weighted by molar-refractivity contribution is 5.80. The number of nitrogens with zero attached hydrogens (tertiary/aromatic N) is 1. The molecule has 3 nitrogen and oxygen atoms in total. The number of rotatable bonds is 4. The fraction of sp³-hybridized carbons (Fsp3) is 0.909. The molecule has 3 heteroatoms. The van der Waals surface area contributed by atoms with Crippen molar-refractivity contribution in [1.82, 2.24) is 10.2 Å². The summed E-state index contributed by atoms with van der Waals surface area (Å²) in [4.78, 5) is 14.0. The SMILES string of the molecule is CCN(CC1CCC1)C(=O)C1CNC1. The van der Waals surface area contributed by atoms with E-state index in [1.807, 2.05) is 0 Å². The lowest BCUT2D eigenvalue weighted by molar-refractivity contribution is -0.137. The van der Waals surface area contributed by atoms with Gasteiger partial charge in [0, 0.05) is 26.2 Å². The van der Waals surface area contributed by atoms with E-state index in [-0.39, 0.29) is 5.92 Å². The molecular formula is C11H20N2O. The van der Waals surface area contributed by atoms with E-state index in [1.54, 1.807) is 0 Å². The largest absolute Gasteiger partial charge is 0.342 e. The van der Waals surface area contributed by atoms with E-state index >= 15 is 0 Å². The third-order valence-electron chi connectivity index (χ3n) is 3.53. The summed E-state index contributed by atoms with van der Waals surface area (Å²) in [6.07, 6.45) is 4.01. The van der Waals surface area contributed by atoms with Crippen molar-refractivity contribution >= 4 is 5.91 Å². The first-order chi connectivity index (χ1) is 6.81. The molecule has 1 aliphatic heterocycles. The van der Waals surface area contributed by atoms with Gasteiger partial charge in [0.15, 0.2) is 0 Å². The number of carbonyl (C=O) groups excluding carboxylic acids is 1. The standard InChI is InChI=1S/C11H20N2O/c1-2-13(8-9-4-3-5-9)11(14)10-6-12-7-10/h9-10,12H,2-8H2,1H3. The highest BCUT2D eigenvalue weighted by atomic mass is 16.2. The van der Waals surface area contributed by atoms with Crippen LogP contribution in [0.25, 0.3) is 0 Å². The molecule has 2 fully saturated rings. The van der Waals surface area contributed by atoms with Gasteiger partial charge in [0.05, 0.1) is 5.92 Å². The molecule has 14 heavy (non-hydrogen) atoms. The van der Waals surface area contributed by atoms with Crippen LogP contribution in [-0.2, 0) is 4.79 Å². The number of carbonyl (C=O) groups is 1. The molecule has 0 bridgehead atoms. The molecule has 1 amide bonds. The van der Waals surface area contributed by atoms with Crippen LogP contribution in [-0.4, -0.2) is 37.0 Å². The second-order valence-corrected chi connectivity index (χ2v) is 4.53. The zero-order chi connectivity index (χ0) is 9.97. The lowest BCUT2D eigenvalue weighted by Crippen LogP contribution is -2.53. The van der Waals surface area contributed by atoms with E-state index in [2.05, 4.69) is 17.1 Å². The Morgan fingerprint density at radius 3 is 2.50 bits per heavy atom. The summed E-state index contributed by atoms with van der Waals surface area (Å²) in [6.45, 7) is 5.75. The first-order valence-electron chi connectivity index (χ1n) is 5.80. The summed E-state index contributed by atoms with van der Waals surface area (Å²) in [7, 11) is 0. The Morgan fingerprint density at radius 1 is 1.43 bits per heavy atom. The maximum Gasteiger partial charge on any atom is 0.228 e. The topological polar surface area (TPSA) is 32.3 Å². The van der Waals surface area contributed by atoms with Crippen molar-refractivity contribution in [3.63, 3.8) is 0 Å². The molecule has 0 unspecified atom stereocenters. The van der Waals surface area contributed by atoms with Crippen molar-refractivity contribution in [2.24, 2.45) is 11.8 Å². The van der Waals surface area contributed by atoms with Crippen LogP contribution >= 0.6 is 0 Å². The van der Waals surface area contributed by atoms with Gasteiger partial charge in [-0.1, -0.05) is 6.42 Å². The summed E-state index contributed by atoms with van der Waals surface area (Å²) >= 11 is 0. The first-order valence-corrected chi connectivity index (χ1v) is 5.80. The highest BCUT2D eigenvalue weighted by Gasteiger charge is 2.30. The summed E-state index contributed by atoms with van der Waals surface area (Å²) in [5, 5.41) is 3.15. The molecular weight excluding hydrogens is 176 g/mol. The van der Waals surface area contributed by atoms with E-state index in [0.29, 0.717) is 5.91 Å². The van der Waals surface area contributed by atoms with E-state index < -0.39 is 0 Å². The second-order valence-electron chi connectivity index (χ2n) is 4.53. The monoisotopic (exact) mass is 196 g/mol. The Labute approximate surface area is 85.8 Å². The molecule has 2 rings (SSSR count). The van der Waals surface area contributed by atoms with Crippen LogP contribution in [0.15, 0.2) is 0 Å². The summed E-state index contributed by atoms with van der Waals surface area (Å²) < 4.78 is 0. The van der Waals surface area contributed by atoms with E-state index in [1.165, 1.54) is 19.3 Å². The molecule has 1 saturated heterocycles. The van der Waals surface area contributed by atoms with Crippen molar-refractivity contribution in [2.75, 3.05) is 26.2 Å². The Bertz CT molecular complexity index is 209. The molecule has 0 spiro atoms. The fourth-order valence-electron chi connectivity index (χ4n) is 2.08. The van der Waals surface area contributed by atoms with E-state index in [4.69, 9.17) is 0 Å². The number of hydrogen-bond acceptors (Lipinski definition) is 2. The average Bonchev–Trinajstić information content (AvgIpc) is 1.99. The normalized spacial score (nSPS) is 22.6. The molecule has 1 heterocycles. The van der Waals surface area contributed by atoms with Gasteiger partial charge >= 0.3 is 0 Å². The van der Waals surface area contributed by atoms with E-state index in [0.717, 1.165) is 32.1 Å². The van der Waals surface area contributed by atoms with Crippen molar-refractivity contribution in [1.29, 1.82) is 0 Å². The average molecular weight is 196 g/mol. The second kappa shape index (κ2) is 4.30. The van der Waals surface area contributed by atoms with Crippen LogP contribution in [0, 0.1) is 11.8 Å². The van der Waals surface area contributed by atoms with Gasteiger partial charge in [0.25, 0.3) is 0 Å². The number of amides is 1. The Morgan fingerprint density at radius 2 is 2.14 bits per heavy atom. The third-order valence-corrected chi connectivity index (χ3v) is 3.53. The highest BCUT2D eigenvalue weighted by Crippen LogP contribution is 2.27. The zero-order valence-corrected chi connectivity index (χ0v) is 8.96. The zero-order valence-electron chi connectivity index (χ0n) is 8.96. The van der Waals surface area contributed by atoms with Crippen LogP contribution in [0.5, 0.6) is 0 Å². The minimum absolute atomic E-state index is 0.273. The molecule has 1 saturated carbocycles. The van der Waals surface area contributed by atoms with Gasteiger partial charge in [-0.2, -0.15) is 0 Å². The predicted octanol–water partition coefficient (Wildman–Crippen LogP) is 0.854. The lowest BCUT2D eigenvalue weighted by atomic mass is 9.85.